The summed E-state index contributed by atoms with van der Waals surface area (Å²) in [5.41, 5.74) is 1.94. The molecule has 1 unspecified atom stereocenters. The maximum absolute atomic E-state index is 12.2. The van der Waals surface area contributed by atoms with E-state index in [2.05, 4.69) is 11.4 Å². The number of rotatable bonds is 6. The molecule has 3 rings (SSSR count). The highest BCUT2D eigenvalue weighted by molar-refractivity contribution is 7.12. The fourth-order valence-corrected chi connectivity index (χ4v) is 4.08. The Morgan fingerprint density at radius 1 is 1.24 bits per heavy atom. The number of fused-ring (bicyclic) bond motifs is 1. The molecule has 1 aromatic carbocycles. The first-order chi connectivity index (χ1) is 12.0. The molecule has 0 radical (unpaired) electrons. The number of ether oxygens (including phenoxy) is 1. The average molecular weight is 357 g/mol. The lowest BCUT2D eigenvalue weighted by molar-refractivity contribution is -0.121. The Hall–Kier alpha value is -2.14. The van der Waals surface area contributed by atoms with Crippen molar-refractivity contribution in [3.05, 3.63) is 51.2 Å². The predicted molar refractivity (Wildman–Crippen MR) is 99.5 cm³/mol. The van der Waals surface area contributed by atoms with Gasteiger partial charge in [-0.2, -0.15) is 0 Å². The molecular weight excluding hydrogens is 334 g/mol. The molecule has 1 aromatic heterocycles. The first-order valence-electron chi connectivity index (χ1n) is 8.60. The van der Waals surface area contributed by atoms with Crippen molar-refractivity contribution in [2.24, 2.45) is 5.92 Å². The minimum atomic E-state index is -0.0724. The van der Waals surface area contributed by atoms with Crippen LogP contribution in [0.3, 0.4) is 0 Å². The van der Waals surface area contributed by atoms with E-state index >= 15 is 0 Å². The van der Waals surface area contributed by atoms with Crippen LogP contribution < -0.4 is 10.1 Å². The Kier molecular flexibility index (Phi) is 5.53. The summed E-state index contributed by atoms with van der Waals surface area (Å²) >= 11 is 1.62. The number of amides is 1. The van der Waals surface area contributed by atoms with Crippen LogP contribution in [0.2, 0.25) is 0 Å². The Bertz CT molecular complexity index is 781. The zero-order valence-electron chi connectivity index (χ0n) is 14.6. The van der Waals surface area contributed by atoms with Crippen LogP contribution in [0.5, 0.6) is 5.75 Å². The lowest BCUT2D eigenvalue weighted by atomic mass is 9.96. The maximum Gasteiger partial charge on any atom is 0.220 e. The van der Waals surface area contributed by atoms with Gasteiger partial charge in [-0.15, -0.1) is 11.3 Å². The number of para-hydroxylation sites is 1. The van der Waals surface area contributed by atoms with Crippen molar-refractivity contribution in [3.8, 4) is 5.75 Å². The van der Waals surface area contributed by atoms with Gasteiger partial charge in [-0.25, -0.2) is 0 Å². The summed E-state index contributed by atoms with van der Waals surface area (Å²) in [5.74, 6) is 1.19. The maximum atomic E-state index is 12.2. The van der Waals surface area contributed by atoms with Gasteiger partial charge in [0.05, 0.1) is 6.61 Å². The Balaban J connectivity index is 1.43. The summed E-state index contributed by atoms with van der Waals surface area (Å²) in [6, 6.07) is 9.92. The highest BCUT2D eigenvalue weighted by Gasteiger charge is 2.20. The third-order valence-electron chi connectivity index (χ3n) is 4.46. The van der Waals surface area contributed by atoms with E-state index in [1.165, 1.54) is 5.56 Å². The van der Waals surface area contributed by atoms with Crippen molar-refractivity contribution in [1.29, 1.82) is 0 Å². The van der Waals surface area contributed by atoms with Gasteiger partial charge in [0.1, 0.15) is 5.75 Å². The third kappa shape index (κ3) is 4.48. The number of ketones is 1. The van der Waals surface area contributed by atoms with Crippen molar-refractivity contribution in [2.75, 3.05) is 13.2 Å². The van der Waals surface area contributed by atoms with E-state index in [1.807, 2.05) is 38.1 Å². The van der Waals surface area contributed by atoms with Crippen LogP contribution in [0.1, 0.15) is 38.5 Å². The zero-order chi connectivity index (χ0) is 17.8. The number of carbonyl (C=O) groups excluding carboxylic acids is 2. The van der Waals surface area contributed by atoms with Crippen LogP contribution >= 0.6 is 11.3 Å². The van der Waals surface area contributed by atoms with Crippen molar-refractivity contribution in [1.82, 2.24) is 5.32 Å². The summed E-state index contributed by atoms with van der Waals surface area (Å²) in [6.45, 7) is 5.14. The van der Waals surface area contributed by atoms with Crippen LogP contribution in [0.4, 0.5) is 0 Å². The van der Waals surface area contributed by atoms with E-state index < -0.39 is 0 Å². The molecule has 1 amide bonds. The summed E-state index contributed by atoms with van der Waals surface area (Å²) < 4.78 is 5.74. The number of hydrogen-bond acceptors (Lipinski definition) is 4. The van der Waals surface area contributed by atoms with Crippen LogP contribution in [-0.2, 0) is 11.2 Å². The van der Waals surface area contributed by atoms with E-state index in [1.54, 1.807) is 11.3 Å². The largest absolute Gasteiger partial charge is 0.493 e. The summed E-state index contributed by atoms with van der Waals surface area (Å²) in [7, 11) is 0. The number of aryl methyl sites for hydroxylation is 2. The fraction of sp³-hybridized carbons (Fsp3) is 0.400. The van der Waals surface area contributed by atoms with E-state index in [-0.39, 0.29) is 30.4 Å². The summed E-state index contributed by atoms with van der Waals surface area (Å²) in [5, 5.41) is 2.94. The molecule has 1 atom stereocenters. The minimum Gasteiger partial charge on any atom is -0.493 e. The molecule has 4 nitrogen and oxygen atoms in total. The van der Waals surface area contributed by atoms with E-state index in [0.29, 0.717) is 13.2 Å². The molecule has 0 spiro atoms. The first-order valence-corrected chi connectivity index (χ1v) is 9.42. The molecule has 0 saturated heterocycles. The molecule has 1 aliphatic heterocycles. The fourth-order valence-electron chi connectivity index (χ4n) is 3.14. The standard InChI is InChI=1S/C20H23NO3S/c1-13-9-17(14(2)25-13)18(22)7-8-20(23)21-11-15-10-16-5-3-4-6-19(16)24-12-15/h3-6,9,15H,7-8,10-12H2,1-2H3,(H,21,23). The van der Waals surface area contributed by atoms with E-state index in [0.717, 1.165) is 27.5 Å². The number of thiophene rings is 1. The molecule has 0 saturated carbocycles. The van der Waals surface area contributed by atoms with Crippen LogP contribution in [0.25, 0.3) is 0 Å². The van der Waals surface area contributed by atoms with Gasteiger partial charge < -0.3 is 10.1 Å². The van der Waals surface area contributed by atoms with Crippen LogP contribution in [0, 0.1) is 19.8 Å². The lowest BCUT2D eigenvalue weighted by Crippen LogP contribution is -2.34. The summed E-state index contributed by atoms with van der Waals surface area (Å²) in [6.07, 6.45) is 1.40. The van der Waals surface area contributed by atoms with Crippen LogP contribution in [-0.4, -0.2) is 24.8 Å². The van der Waals surface area contributed by atoms with Gasteiger partial charge in [-0.1, -0.05) is 18.2 Å². The topological polar surface area (TPSA) is 55.4 Å². The molecule has 0 fully saturated rings. The SMILES string of the molecule is Cc1cc(C(=O)CCC(=O)NCC2COc3ccccc3C2)c(C)s1. The van der Waals surface area contributed by atoms with Crippen molar-refractivity contribution >= 4 is 23.0 Å². The third-order valence-corrected chi connectivity index (χ3v) is 5.43. The molecular formula is C20H23NO3S. The molecule has 5 heteroatoms. The monoisotopic (exact) mass is 357 g/mol. The second-order valence-electron chi connectivity index (χ2n) is 6.54. The number of nitrogens with one attached hydrogen (secondary N) is 1. The normalized spacial score (nSPS) is 16.0. The van der Waals surface area contributed by atoms with Crippen molar-refractivity contribution in [3.63, 3.8) is 0 Å². The van der Waals surface area contributed by atoms with Crippen molar-refractivity contribution < 1.29 is 14.3 Å². The van der Waals surface area contributed by atoms with Gasteiger partial charge in [-0.3, -0.25) is 9.59 Å². The van der Waals surface area contributed by atoms with Gasteiger partial charge in [-0.05, 0) is 38.0 Å². The van der Waals surface area contributed by atoms with Gasteiger partial charge in [0.2, 0.25) is 5.91 Å². The number of benzene rings is 1. The van der Waals surface area contributed by atoms with E-state index in [9.17, 15) is 9.59 Å². The smallest absolute Gasteiger partial charge is 0.220 e. The molecule has 2 aromatic rings. The van der Waals surface area contributed by atoms with Gasteiger partial charge in [0, 0.05) is 40.6 Å². The first kappa shape index (κ1) is 17.7. The number of Topliss-reactive ketones (excluding diaryl/α,β-unsaturated/α-hetero) is 1. The molecule has 2 heterocycles. The van der Waals surface area contributed by atoms with Crippen molar-refractivity contribution in [2.45, 2.75) is 33.1 Å². The molecule has 1 aliphatic rings. The molecule has 0 aliphatic carbocycles. The molecule has 1 N–H and O–H groups in total. The Morgan fingerprint density at radius 3 is 2.80 bits per heavy atom. The quantitative estimate of drug-likeness (QED) is 0.802. The zero-order valence-corrected chi connectivity index (χ0v) is 15.4. The second kappa shape index (κ2) is 7.83. The average Bonchev–Trinajstić information content (AvgIpc) is 2.96. The molecule has 0 bridgehead atoms. The van der Waals surface area contributed by atoms with Gasteiger partial charge in [0.25, 0.3) is 0 Å². The predicted octanol–water partition coefficient (Wildman–Crippen LogP) is 3.70. The van der Waals surface area contributed by atoms with Crippen LogP contribution in [0.15, 0.2) is 30.3 Å². The number of carbonyl (C=O) groups is 2. The van der Waals surface area contributed by atoms with E-state index in [4.69, 9.17) is 4.74 Å². The lowest BCUT2D eigenvalue weighted by Gasteiger charge is -2.25. The second-order valence-corrected chi connectivity index (χ2v) is 8.00. The Labute approximate surface area is 152 Å². The minimum absolute atomic E-state index is 0.0481. The van der Waals surface area contributed by atoms with Gasteiger partial charge >= 0.3 is 0 Å². The highest BCUT2D eigenvalue weighted by atomic mass is 32.1. The highest BCUT2D eigenvalue weighted by Crippen LogP contribution is 2.26. The Morgan fingerprint density at radius 2 is 2.04 bits per heavy atom. The summed E-state index contributed by atoms with van der Waals surface area (Å²) in [4.78, 5) is 26.4. The molecule has 132 valence electrons. The number of hydrogen-bond donors (Lipinski definition) is 1. The molecule has 25 heavy (non-hydrogen) atoms. The van der Waals surface area contributed by atoms with Gasteiger partial charge in [0.15, 0.2) is 5.78 Å².